The number of nitrogens with zero attached hydrogens (tertiary/aromatic N) is 2. The van der Waals surface area contributed by atoms with Gasteiger partial charge in [0.15, 0.2) is 0 Å². The highest BCUT2D eigenvalue weighted by molar-refractivity contribution is 7.82. The number of halogens is 1. The third-order valence-electron chi connectivity index (χ3n) is 4.44. The summed E-state index contributed by atoms with van der Waals surface area (Å²) in [6, 6.07) is 20.6. The third-order valence-corrected chi connectivity index (χ3v) is 4.85. The average Bonchev–Trinajstić information content (AvgIpc) is 2.80. The van der Waals surface area contributed by atoms with Crippen molar-refractivity contribution < 1.29 is 14.0 Å². The molecule has 3 aromatic rings. The smallest absolute Gasteiger partial charge is 0.331 e. The highest BCUT2D eigenvalue weighted by Crippen LogP contribution is 2.20. The van der Waals surface area contributed by atoms with Crippen LogP contribution in [0.5, 0.6) is 0 Å². The third kappa shape index (κ3) is 6.07. The molecule has 31 heavy (non-hydrogen) atoms. The second kappa shape index (κ2) is 10.3. The zero-order chi connectivity index (χ0) is 22.2. The van der Waals surface area contributed by atoms with E-state index < -0.39 is 6.03 Å². The lowest BCUT2D eigenvalue weighted by Gasteiger charge is -2.17. The summed E-state index contributed by atoms with van der Waals surface area (Å²) in [4.78, 5) is 24.6. The minimum atomic E-state index is -0.403. The summed E-state index contributed by atoms with van der Waals surface area (Å²) in [6.45, 7) is 0.375. The number of rotatable bonds is 6. The lowest BCUT2D eigenvalue weighted by atomic mass is 10.1. The van der Waals surface area contributed by atoms with E-state index in [9.17, 15) is 14.0 Å². The highest BCUT2D eigenvalue weighted by atomic mass is 32.1. The molecule has 0 aromatic heterocycles. The summed E-state index contributed by atoms with van der Waals surface area (Å²) >= 11 is 4.23. The molecular formula is C23H19FN4O2S. The molecule has 0 radical (unpaired) electrons. The monoisotopic (exact) mass is 434 g/mol. The average molecular weight is 434 g/mol. The van der Waals surface area contributed by atoms with Gasteiger partial charge in [0.2, 0.25) is 0 Å². The van der Waals surface area contributed by atoms with Crippen LogP contribution in [-0.4, -0.2) is 18.5 Å². The first-order chi connectivity index (χ1) is 15.0. The standard InChI is InChI=1S/C23H19FN4O2S/c24-19-7-3-16(4-8-19)13-14-26-23(30)28(31)21-11-9-20(10-12-21)27-22(29)18-5-1-17(15-25)2-6-18/h1-12,31H,13-14H2,(H,26,30)(H,27,29). The van der Waals surface area contributed by atoms with Crippen LogP contribution in [0.15, 0.2) is 72.8 Å². The molecule has 8 heteroatoms. The summed E-state index contributed by atoms with van der Waals surface area (Å²) in [7, 11) is 0. The predicted octanol–water partition coefficient (Wildman–Crippen LogP) is 4.55. The predicted molar refractivity (Wildman–Crippen MR) is 121 cm³/mol. The van der Waals surface area contributed by atoms with Gasteiger partial charge < -0.3 is 10.6 Å². The van der Waals surface area contributed by atoms with Crippen LogP contribution >= 0.6 is 12.8 Å². The molecule has 3 amide bonds. The van der Waals surface area contributed by atoms with Crippen molar-refractivity contribution >= 4 is 36.1 Å². The van der Waals surface area contributed by atoms with E-state index in [1.165, 1.54) is 12.1 Å². The summed E-state index contributed by atoms with van der Waals surface area (Å²) < 4.78 is 14.1. The van der Waals surface area contributed by atoms with Gasteiger partial charge in [-0.25, -0.2) is 13.5 Å². The fraction of sp³-hybridized carbons (Fsp3) is 0.0870. The molecular weight excluding hydrogens is 415 g/mol. The van der Waals surface area contributed by atoms with Crippen LogP contribution in [0.3, 0.4) is 0 Å². The van der Waals surface area contributed by atoms with Crippen LogP contribution in [0.2, 0.25) is 0 Å². The maximum Gasteiger partial charge on any atom is 0.331 e. The molecule has 0 aliphatic heterocycles. The summed E-state index contributed by atoms with van der Waals surface area (Å²) in [5, 5.41) is 14.3. The van der Waals surface area contributed by atoms with Gasteiger partial charge in [0.25, 0.3) is 5.91 Å². The molecule has 0 unspecified atom stereocenters. The van der Waals surface area contributed by atoms with Crippen molar-refractivity contribution in [2.75, 3.05) is 16.2 Å². The van der Waals surface area contributed by atoms with E-state index in [1.54, 1.807) is 60.7 Å². The molecule has 3 aromatic carbocycles. The first-order valence-electron chi connectivity index (χ1n) is 9.39. The Morgan fingerprint density at radius 1 is 0.968 bits per heavy atom. The zero-order valence-electron chi connectivity index (χ0n) is 16.4. The van der Waals surface area contributed by atoms with Crippen molar-refractivity contribution in [2.24, 2.45) is 0 Å². The number of benzene rings is 3. The maximum absolute atomic E-state index is 12.9. The van der Waals surface area contributed by atoms with Gasteiger partial charge in [-0.2, -0.15) is 5.26 Å². The summed E-state index contributed by atoms with van der Waals surface area (Å²) in [6.07, 6.45) is 0.563. The van der Waals surface area contributed by atoms with Crippen molar-refractivity contribution in [1.82, 2.24) is 5.32 Å². The van der Waals surface area contributed by atoms with Crippen molar-refractivity contribution in [2.45, 2.75) is 6.42 Å². The number of amides is 3. The Bertz CT molecular complexity index is 1090. The number of nitriles is 1. The van der Waals surface area contributed by atoms with Crippen LogP contribution in [0.1, 0.15) is 21.5 Å². The Morgan fingerprint density at radius 3 is 2.23 bits per heavy atom. The topological polar surface area (TPSA) is 85.2 Å². The molecule has 0 atom stereocenters. The quantitative estimate of drug-likeness (QED) is 0.498. The van der Waals surface area contributed by atoms with E-state index in [-0.39, 0.29) is 11.7 Å². The molecule has 156 valence electrons. The molecule has 2 N–H and O–H groups in total. The van der Waals surface area contributed by atoms with Crippen LogP contribution in [0.25, 0.3) is 0 Å². The number of hydrogen-bond acceptors (Lipinski definition) is 4. The molecule has 6 nitrogen and oxygen atoms in total. The van der Waals surface area contributed by atoms with Gasteiger partial charge in [-0.15, -0.1) is 0 Å². The van der Waals surface area contributed by atoms with Gasteiger partial charge in [-0.3, -0.25) is 4.79 Å². The Balaban J connectivity index is 1.52. The minimum Gasteiger partial charge on any atom is -0.337 e. The molecule has 0 aliphatic rings. The first-order valence-corrected chi connectivity index (χ1v) is 9.79. The maximum atomic E-state index is 12.9. The molecule has 0 aliphatic carbocycles. The number of carbonyl (C=O) groups is 2. The zero-order valence-corrected chi connectivity index (χ0v) is 17.3. The van der Waals surface area contributed by atoms with Gasteiger partial charge in [-0.05, 0) is 72.6 Å². The number of urea groups is 1. The second-order valence-corrected chi connectivity index (χ2v) is 7.01. The van der Waals surface area contributed by atoms with Crippen molar-refractivity contribution in [3.63, 3.8) is 0 Å². The molecule has 0 bridgehead atoms. The highest BCUT2D eigenvalue weighted by Gasteiger charge is 2.12. The molecule has 3 rings (SSSR count). The Hall–Kier alpha value is -3.83. The number of anilines is 2. The van der Waals surface area contributed by atoms with Crippen LogP contribution in [-0.2, 0) is 6.42 Å². The minimum absolute atomic E-state index is 0.300. The van der Waals surface area contributed by atoms with Crippen molar-refractivity contribution in [3.8, 4) is 6.07 Å². The van der Waals surface area contributed by atoms with Crippen LogP contribution in [0, 0.1) is 17.1 Å². The van der Waals surface area contributed by atoms with Crippen molar-refractivity contribution in [1.29, 1.82) is 5.26 Å². The fourth-order valence-corrected chi connectivity index (χ4v) is 2.95. The molecule has 0 saturated carbocycles. The SMILES string of the molecule is N#Cc1ccc(C(=O)Nc2ccc(N(S)C(=O)NCCc3ccc(F)cc3)cc2)cc1. The Labute approximate surface area is 184 Å². The van der Waals surface area contributed by atoms with Gasteiger partial charge in [-0.1, -0.05) is 24.9 Å². The molecule has 0 saturated heterocycles. The van der Waals surface area contributed by atoms with E-state index in [4.69, 9.17) is 5.26 Å². The number of nitrogens with one attached hydrogen (secondary N) is 2. The summed E-state index contributed by atoms with van der Waals surface area (Å²) in [5.74, 6) is -0.607. The molecule has 0 fully saturated rings. The number of hydrogen-bond donors (Lipinski definition) is 3. The largest absolute Gasteiger partial charge is 0.337 e. The van der Waals surface area contributed by atoms with E-state index in [0.717, 1.165) is 9.87 Å². The van der Waals surface area contributed by atoms with E-state index in [0.29, 0.717) is 35.5 Å². The number of carbonyl (C=O) groups excluding carboxylic acids is 2. The Kier molecular flexibility index (Phi) is 7.25. The van der Waals surface area contributed by atoms with Gasteiger partial charge in [0.1, 0.15) is 5.82 Å². The number of thiol groups is 1. The van der Waals surface area contributed by atoms with Crippen LogP contribution < -0.4 is 14.9 Å². The fourth-order valence-electron chi connectivity index (χ4n) is 2.74. The van der Waals surface area contributed by atoms with E-state index in [1.807, 2.05) is 6.07 Å². The summed E-state index contributed by atoms with van der Waals surface area (Å²) in [5.41, 5.74) is 2.90. The van der Waals surface area contributed by atoms with Gasteiger partial charge >= 0.3 is 6.03 Å². The lowest BCUT2D eigenvalue weighted by Crippen LogP contribution is -2.35. The van der Waals surface area contributed by atoms with Gasteiger partial charge in [0.05, 0.1) is 17.3 Å². The normalized spacial score (nSPS) is 10.1. The van der Waals surface area contributed by atoms with E-state index in [2.05, 4.69) is 23.4 Å². The van der Waals surface area contributed by atoms with Gasteiger partial charge in [0, 0.05) is 17.8 Å². The van der Waals surface area contributed by atoms with E-state index >= 15 is 0 Å². The van der Waals surface area contributed by atoms with Crippen molar-refractivity contribution in [3.05, 3.63) is 95.3 Å². The lowest BCUT2D eigenvalue weighted by molar-refractivity contribution is 0.102. The van der Waals surface area contributed by atoms with Crippen LogP contribution in [0.4, 0.5) is 20.6 Å². The first kappa shape index (κ1) is 21.9. The molecule has 0 heterocycles. The Morgan fingerprint density at radius 2 is 1.61 bits per heavy atom. The molecule has 0 spiro atoms. The second-order valence-electron chi connectivity index (χ2n) is 6.61.